The van der Waals surface area contributed by atoms with Crippen molar-refractivity contribution in [2.75, 3.05) is 26.3 Å². The molecule has 7 nitrogen and oxygen atoms in total. The first-order chi connectivity index (χ1) is 9.98. The molecular weight excluding hydrogens is 344 g/mol. The standard InChI is InChI=1S/C13H17BrN2O5/c14-10-2-1-9(21-10)12(18)15-7-11(17)16-8-13(19)3-5-20-6-4-13/h1-2,19H,3-8H2,(H,15,18)(H,16,17). The van der Waals surface area contributed by atoms with Gasteiger partial charge in [-0.15, -0.1) is 0 Å². The SMILES string of the molecule is O=C(CNC(=O)c1ccc(Br)o1)NCC1(O)CCOCC1. The highest BCUT2D eigenvalue weighted by Crippen LogP contribution is 2.19. The Hall–Kier alpha value is -1.38. The Morgan fingerprint density at radius 2 is 2.00 bits per heavy atom. The van der Waals surface area contributed by atoms with Crippen molar-refractivity contribution in [2.45, 2.75) is 18.4 Å². The molecule has 0 unspecified atom stereocenters. The van der Waals surface area contributed by atoms with Crippen LogP contribution >= 0.6 is 15.9 Å². The van der Waals surface area contributed by atoms with Gasteiger partial charge in [0.05, 0.1) is 12.1 Å². The molecule has 0 saturated carbocycles. The number of hydrogen-bond acceptors (Lipinski definition) is 5. The Kier molecular flexibility index (Phi) is 5.38. The van der Waals surface area contributed by atoms with E-state index in [1.165, 1.54) is 6.07 Å². The highest BCUT2D eigenvalue weighted by molar-refractivity contribution is 9.10. The van der Waals surface area contributed by atoms with Gasteiger partial charge in [-0.05, 0) is 28.1 Å². The van der Waals surface area contributed by atoms with Crippen LogP contribution in [0.5, 0.6) is 0 Å². The van der Waals surface area contributed by atoms with Crippen LogP contribution in [-0.4, -0.2) is 48.8 Å². The highest BCUT2D eigenvalue weighted by atomic mass is 79.9. The minimum atomic E-state index is -0.927. The maximum atomic E-state index is 11.7. The van der Waals surface area contributed by atoms with Gasteiger partial charge in [0.1, 0.15) is 0 Å². The third kappa shape index (κ3) is 4.83. The van der Waals surface area contributed by atoms with E-state index in [1.54, 1.807) is 6.07 Å². The summed E-state index contributed by atoms with van der Waals surface area (Å²) < 4.78 is 10.7. The number of carbonyl (C=O) groups is 2. The summed E-state index contributed by atoms with van der Waals surface area (Å²) in [5.74, 6) is -0.716. The lowest BCUT2D eigenvalue weighted by atomic mass is 9.94. The minimum Gasteiger partial charge on any atom is -0.444 e. The second-order valence-electron chi connectivity index (χ2n) is 4.90. The van der Waals surface area contributed by atoms with E-state index < -0.39 is 11.5 Å². The van der Waals surface area contributed by atoms with E-state index in [0.717, 1.165) is 0 Å². The summed E-state index contributed by atoms with van der Waals surface area (Å²) in [4.78, 5) is 23.3. The number of aliphatic hydroxyl groups is 1. The first-order valence-electron chi connectivity index (χ1n) is 6.59. The molecule has 0 spiro atoms. The zero-order chi connectivity index (χ0) is 15.3. The van der Waals surface area contributed by atoms with Crippen molar-refractivity contribution < 1.29 is 23.8 Å². The Balaban J connectivity index is 1.71. The number of rotatable bonds is 5. The van der Waals surface area contributed by atoms with Crippen LogP contribution in [-0.2, 0) is 9.53 Å². The second-order valence-corrected chi connectivity index (χ2v) is 5.68. The maximum Gasteiger partial charge on any atom is 0.287 e. The summed E-state index contributed by atoms with van der Waals surface area (Å²) in [6.45, 7) is 0.939. The van der Waals surface area contributed by atoms with Crippen molar-refractivity contribution in [3.8, 4) is 0 Å². The molecular formula is C13H17BrN2O5. The topological polar surface area (TPSA) is 101 Å². The van der Waals surface area contributed by atoms with Gasteiger partial charge >= 0.3 is 0 Å². The van der Waals surface area contributed by atoms with E-state index in [2.05, 4.69) is 26.6 Å². The lowest BCUT2D eigenvalue weighted by molar-refractivity contribution is -0.123. The van der Waals surface area contributed by atoms with Gasteiger partial charge in [0.25, 0.3) is 5.91 Å². The van der Waals surface area contributed by atoms with E-state index in [-0.39, 0.29) is 24.8 Å². The molecule has 1 aliphatic rings. The number of nitrogens with one attached hydrogen (secondary N) is 2. The molecule has 0 bridgehead atoms. The number of halogens is 1. The van der Waals surface area contributed by atoms with Crippen LogP contribution in [0.15, 0.2) is 21.2 Å². The van der Waals surface area contributed by atoms with Crippen LogP contribution in [0.25, 0.3) is 0 Å². The van der Waals surface area contributed by atoms with Gasteiger partial charge in [-0.2, -0.15) is 0 Å². The molecule has 21 heavy (non-hydrogen) atoms. The molecule has 2 heterocycles. The molecule has 1 aliphatic heterocycles. The summed E-state index contributed by atoms with van der Waals surface area (Å²) in [6.07, 6.45) is 0.972. The first-order valence-corrected chi connectivity index (χ1v) is 7.38. The fraction of sp³-hybridized carbons (Fsp3) is 0.538. The molecule has 1 saturated heterocycles. The van der Waals surface area contributed by atoms with Crippen molar-refractivity contribution in [3.63, 3.8) is 0 Å². The van der Waals surface area contributed by atoms with E-state index in [1.807, 2.05) is 0 Å². The fourth-order valence-electron chi connectivity index (χ4n) is 1.94. The predicted octanol–water partition coefficient (Wildman–Crippen LogP) is 0.430. The van der Waals surface area contributed by atoms with E-state index in [0.29, 0.717) is 30.7 Å². The average Bonchev–Trinajstić information content (AvgIpc) is 2.90. The summed E-state index contributed by atoms with van der Waals surface area (Å²) in [7, 11) is 0. The number of hydrogen-bond donors (Lipinski definition) is 3. The number of amides is 2. The van der Waals surface area contributed by atoms with Crippen molar-refractivity contribution in [1.29, 1.82) is 0 Å². The first kappa shape index (κ1) is 16.0. The van der Waals surface area contributed by atoms with Crippen molar-refractivity contribution in [2.24, 2.45) is 0 Å². The normalized spacial score (nSPS) is 17.2. The van der Waals surface area contributed by atoms with Crippen LogP contribution in [0.2, 0.25) is 0 Å². The summed E-state index contributed by atoms with van der Waals surface area (Å²) >= 11 is 3.09. The van der Waals surface area contributed by atoms with Crippen LogP contribution < -0.4 is 10.6 Å². The number of ether oxygens (including phenoxy) is 1. The predicted molar refractivity (Wildman–Crippen MR) is 76.8 cm³/mol. The second kappa shape index (κ2) is 7.06. The lowest BCUT2D eigenvalue weighted by Gasteiger charge is -2.32. The van der Waals surface area contributed by atoms with Gasteiger partial charge < -0.3 is 24.9 Å². The molecule has 1 aromatic rings. The number of carbonyl (C=O) groups excluding carboxylic acids is 2. The third-order valence-electron chi connectivity index (χ3n) is 3.24. The van der Waals surface area contributed by atoms with Crippen molar-refractivity contribution >= 4 is 27.7 Å². The molecule has 0 aromatic carbocycles. The van der Waals surface area contributed by atoms with Gasteiger partial charge in [0, 0.05) is 32.6 Å². The molecule has 0 atom stereocenters. The van der Waals surface area contributed by atoms with Gasteiger partial charge in [0.15, 0.2) is 10.4 Å². The zero-order valence-electron chi connectivity index (χ0n) is 11.4. The molecule has 2 amide bonds. The molecule has 0 aliphatic carbocycles. The van der Waals surface area contributed by atoms with Crippen LogP contribution in [0.1, 0.15) is 23.4 Å². The van der Waals surface area contributed by atoms with Crippen LogP contribution in [0.3, 0.4) is 0 Å². The van der Waals surface area contributed by atoms with Crippen molar-refractivity contribution in [1.82, 2.24) is 10.6 Å². The van der Waals surface area contributed by atoms with E-state index in [4.69, 9.17) is 9.15 Å². The van der Waals surface area contributed by atoms with Crippen molar-refractivity contribution in [3.05, 3.63) is 22.6 Å². The fourth-order valence-corrected chi connectivity index (χ4v) is 2.24. The molecule has 2 rings (SSSR count). The molecule has 116 valence electrons. The summed E-state index contributed by atoms with van der Waals surface area (Å²) in [5, 5.41) is 15.2. The Labute approximate surface area is 130 Å². The Morgan fingerprint density at radius 3 is 2.62 bits per heavy atom. The largest absolute Gasteiger partial charge is 0.444 e. The average molecular weight is 361 g/mol. The van der Waals surface area contributed by atoms with Gasteiger partial charge in [-0.1, -0.05) is 0 Å². The van der Waals surface area contributed by atoms with Gasteiger partial charge in [-0.3, -0.25) is 9.59 Å². The van der Waals surface area contributed by atoms with E-state index in [9.17, 15) is 14.7 Å². The Bertz CT molecular complexity index is 510. The zero-order valence-corrected chi connectivity index (χ0v) is 12.9. The summed E-state index contributed by atoms with van der Waals surface area (Å²) in [6, 6.07) is 3.09. The smallest absolute Gasteiger partial charge is 0.287 e. The summed E-state index contributed by atoms with van der Waals surface area (Å²) in [5.41, 5.74) is -0.927. The van der Waals surface area contributed by atoms with Crippen LogP contribution in [0, 0.1) is 0 Å². The molecule has 1 aromatic heterocycles. The minimum absolute atomic E-state index is 0.123. The van der Waals surface area contributed by atoms with Gasteiger partial charge in [-0.25, -0.2) is 0 Å². The molecule has 1 fully saturated rings. The lowest BCUT2D eigenvalue weighted by Crippen LogP contribution is -2.48. The third-order valence-corrected chi connectivity index (χ3v) is 3.67. The molecule has 0 radical (unpaired) electrons. The van der Waals surface area contributed by atoms with E-state index >= 15 is 0 Å². The van der Waals surface area contributed by atoms with Crippen LogP contribution in [0.4, 0.5) is 0 Å². The number of furan rings is 1. The monoisotopic (exact) mass is 360 g/mol. The highest BCUT2D eigenvalue weighted by Gasteiger charge is 2.30. The molecule has 8 heteroatoms. The van der Waals surface area contributed by atoms with Gasteiger partial charge in [0.2, 0.25) is 5.91 Å². The quantitative estimate of drug-likeness (QED) is 0.706. The Morgan fingerprint density at radius 1 is 1.29 bits per heavy atom. The maximum absolute atomic E-state index is 11.7. The molecule has 3 N–H and O–H groups in total.